The summed E-state index contributed by atoms with van der Waals surface area (Å²) in [4.78, 5) is 22.9. The van der Waals surface area contributed by atoms with Gasteiger partial charge in [0, 0.05) is 12.0 Å². The van der Waals surface area contributed by atoms with Crippen LogP contribution in [0, 0.1) is 0 Å². The number of unbranched alkanes of at least 4 members (excludes halogenated alkanes) is 1. The number of ether oxygens (including phenoxy) is 1. The Kier molecular flexibility index (Phi) is 4.77. The van der Waals surface area contributed by atoms with Crippen LogP contribution >= 0.6 is 0 Å². The minimum absolute atomic E-state index is 0.165. The van der Waals surface area contributed by atoms with Gasteiger partial charge in [0.25, 0.3) is 0 Å². The molecule has 2 rings (SSSR count). The van der Waals surface area contributed by atoms with Crippen molar-refractivity contribution in [3.63, 3.8) is 0 Å². The van der Waals surface area contributed by atoms with Crippen LogP contribution in [-0.2, 0) is 11.2 Å². The molecule has 0 heterocycles. The second-order valence-electron chi connectivity index (χ2n) is 5.18. The van der Waals surface area contributed by atoms with Gasteiger partial charge in [-0.2, -0.15) is 0 Å². The Morgan fingerprint density at radius 3 is 2.90 bits per heavy atom. The number of aryl methyl sites for hydroxylation is 1. The van der Waals surface area contributed by atoms with E-state index in [0.717, 1.165) is 36.8 Å². The van der Waals surface area contributed by atoms with E-state index in [2.05, 4.69) is 0 Å². The largest absolute Gasteiger partial charge is 0.479 e. The van der Waals surface area contributed by atoms with Crippen molar-refractivity contribution in [2.75, 3.05) is 0 Å². The highest BCUT2D eigenvalue weighted by atomic mass is 16.5. The molecule has 1 aromatic rings. The van der Waals surface area contributed by atoms with Crippen LogP contribution in [0.5, 0.6) is 5.75 Å². The quantitative estimate of drug-likeness (QED) is 0.866. The maximum absolute atomic E-state index is 11.7. The Balaban J connectivity index is 2.12. The molecule has 0 aliphatic heterocycles. The zero-order valence-corrected chi connectivity index (χ0v) is 11.7. The van der Waals surface area contributed by atoms with E-state index in [1.165, 1.54) is 0 Å². The summed E-state index contributed by atoms with van der Waals surface area (Å²) in [6, 6.07) is 5.27. The molecular formula is C16H20O4. The number of ketones is 1. The van der Waals surface area contributed by atoms with E-state index in [9.17, 15) is 9.59 Å². The van der Waals surface area contributed by atoms with Gasteiger partial charge in [0.05, 0.1) is 0 Å². The van der Waals surface area contributed by atoms with Crippen LogP contribution in [0.4, 0.5) is 0 Å². The van der Waals surface area contributed by atoms with Gasteiger partial charge in [-0.15, -0.1) is 0 Å². The van der Waals surface area contributed by atoms with Gasteiger partial charge < -0.3 is 9.84 Å². The highest BCUT2D eigenvalue weighted by Gasteiger charge is 2.21. The number of carbonyl (C=O) groups is 2. The Bertz CT molecular complexity index is 507. The summed E-state index contributed by atoms with van der Waals surface area (Å²) >= 11 is 0. The third kappa shape index (κ3) is 3.38. The predicted molar refractivity (Wildman–Crippen MR) is 75.3 cm³/mol. The van der Waals surface area contributed by atoms with Crippen molar-refractivity contribution < 1.29 is 19.4 Å². The van der Waals surface area contributed by atoms with E-state index >= 15 is 0 Å². The lowest BCUT2D eigenvalue weighted by Crippen LogP contribution is -2.27. The van der Waals surface area contributed by atoms with Gasteiger partial charge in [-0.05, 0) is 49.4 Å². The first kappa shape index (κ1) is 14.6. The molecule has 4 nitrogen and oxygen atoms in total. The van der Waals surface area contributed by atoms with Gasteiger partial charge in [-0.3, -0.25) is 4.79 Å². The van der Waals surface area contributed by atoms with Crippen molar-refractivity contribution >= 4 is 11.8 Å². The number of fused-ring (bicyclic) bond motifs is 1. The summed E-state index contributed by atoms with van der Waals surface area (Å²) in [5.74, 6) is -0.229. The molecule has 0 fully saturated rings. The SMILES string of the molecule is CCCCC(Oc1ccc2c(c1)CCCC2=O)C(=O)O. The number of Topliss-reactive ketones (excluding diaryl/α,β-unsaturated/α-hetero) is 1. The van der Waals surface area contributed by atoms with E-state index in [-0.39, 0.29) is 5.78 Å². The first-order chi connectivity index (χ1) is 9.61. The lowest BCUT2D eigenvalue weighted by molar-refractivity contribution is -0.145. The highest BCUT2D eigenvalue weighted by molar-refractivity contribution is 5.98. The van der Waals surface area contributed by atoms with Gasteiger partial charge in [0.2, 0.25) is 0 Å². The molecule has 1 atom stereocenters. The third-order valence-electron chi connectivity index (χ3n) is 3.60. The number of carboxylic acid groups (broad SMARTS) is 1. The summed E-state index contributed by atoms with van der Waals surface area (Å²) in [5.41, 5.74) is 1.72. The minimum atomic E-state index is -0.938. The van der Waals surface area contributed by atoms with Crippen LogP contribution in [0.15, 0.2) is 18.2 Å². The van der Waals surface area contributed by atoms with Gasteiger partial charge >= 0.3 is 5.97 Å². The molecule has 1 aromatic carbocycles. The summed E-state index contributed by atoms with van der Waals surface area (Å²) in [6.07, 6.45) is 3.75. The normalized spacial score (nSPS) is 15.6. The van der Waals surface area contributed by atoms with Crippen molar-refractivity contribution in [1.29, 1.82) is 0 Å². The monoisotopic (exact) mass is 276 g/mol. The molecule has 1 N–H and O–H groups in total. The molecule has 0 bridgehead atoms. The summed E-state index contributed by atoms with van der Waals surface area (Å²) in [7, 11) is 0. The Morgan fingerprint density at radius 2 is 2.20 bits per heavy atom. The fourth-order valence-electron chi connectivity index (χ4n) is 2.48. The zero-order chi connectivity index (χ0) is 14.5. The highest BCUT2D eigenvalue weighted by Crippen LogP contribution is 2.26. The number of rotatable bonds is 6. The van der Waals surface area contributed by atoms with Crippen molar-refractivity contribution in [1.82, 2.24) is 0 Å². The molecule has 1 unspecified atom stereocenters. The summed E-state index contributed by atoms with van der Waals surface area (Å²) < 4.78 is 5.57. The summed E-state index contributed by atoms with van der Waals surface area (Å²) in [5, 5.41) is 9.16. The van der Waals surface area contributed by atoms with Crippen molar-refractivity contribution in [3.8, 4) is 5.75 Å². The second-order valence-corrected chi connectivity index (χ2v) is 5.18. The van der Waals surface area contributed by atoms with Crippen molar-refractivity contribution in [3.05, 3.63) is 29.3 Å². The topological polar surface area (TPSA) is 63.6 Å². The second kappa shape index (κ2) is 6.55. The Morgan fingerprint density at radius 1 is 1.40 bits per heavy atom. The third-order valence-corrected chi connectivity index (χ3v) is 3.60. The Hall–Kier alpha value is -1.84. The molecule has 0 aromatic heterocycles. The van der Waals surface area contributed by atoms with E-state index in [1.54, 1.807) is 12.1 Å². The number of carboxylic acids is 1. The molecule has 0 saturated heterocycles. The number of hydrogen-bond acceptors (Lipinski definition) is 3. The van der Waals surface area contributed by atoms with E-state index in [0.29, 0.717) is 18.6 Å². The molecule has 0 saturated carbocycles. The summed E-state index contributed by atoms with van der Waals surface area (Å²) in [6.45, 7) is 2.02. The molecule has 0 amide bonds. The molecular weight excluding hydrogens is 256 g/mol. The maximum Gasteiger partial charge on any atom is 0.344 e. The predicted octanol–water partition coefficient (Wildman–Crippen LogP) is 3.23. The Labute approximate surface area is 118 Å². The standard InChI is InChI=1S/C16H20O4/c1-2-3-7-15(16(18)19)20-12-8-9-13-11(10-12)5-4-6-14(13)17/h8-10,15H,2-7H2,1H3,(H,18,19). The van der Waals surface area contributed by atoms with E-state index in [1.807, 2.05) is 13.0 Å². The number of aliphatic carboxylic acids is 1. The van der Waals surface area contributed by atoms with Crippen LogP contribution in [0.2, 0.25) is 0 Å². The minimum Gasteiger partial charge on any atom is -0.479 e. The molecule has 0 radical (unpaired) electrons. The molecule has 4 heteroatoms. The van der Waals surface area contributed by atoms with Crippen LogP contribution < -0.4 is 4.74 Å². The lowest BCUT2D eigenvalue weighted by atomic mass is 9.90. The molecule has 0 spiro atoms. The van der Waals surface area contributed by atoms with Crippen LogP contribution in [0.3, 0.4) is 0 Å². The first-order valence-corrected chi connectivity index (χ1v) is 7.17. The van der Waals surface area contributed by atoms with Gasteiger partial charge in [-0.25, -0.2) is 4.79 Å². The van der Waals surface area contributed by atoms with Gasteiger partial charge in [0.1, 0.15) is 5.75 Å². The van der Waals surface area contributed by atoms with E-state index < -0.39 is 12.1 Å². The number of carbonyl (C=O) groups excluding carboxylic acids is 1. The maximum atomic E-state index is 11.7. The number of hydrogen-bond donors (Lipinski definition) is 1. The van der Waals surface area contributed by atoms with Crippen LogP contribution in [0.25, 0.3) is 0 Å². The smallest absolute Gasteiger partial charge is 0.344 e. The van der Waals surface area contributed by atoms with Crippen LogP contribution in [-0.4, -0.2) is 23.0 Å². The van der Waals surface area contributed by atoms with Crippen molar-refractivity contribution in [2.24, 2.45) is 0 Å². The molecule has 1 aliphatic carbocycles. The average molecular weight is 276 g/mol. The van der Waals surface area contributed by atoms with Crippen LogP contribution in [0.1, 0.15) is 54.9 Å². The fraction of sp³-hybridized carbons (Fsp3) is 0.500. The molecule has 108 valence electrons. The zero-order valence-electron chi connectivity index (χ0n) is 11.7. The first-order valence-electron chi connectivity index (χ1n) is 7.17. The van der Waals surface area contributed by atoms with Gasteiger partial charge in [0.15, 0.2) is 11.9 Å². The van der Waals surface area contributed by atoms with Crippen molar-refractivity contribution in [2.45, 2.75) is 51.6 Å². The molecule has 20 heavy (non-hydrogen) atoms. The fourth-order valence-corrected chi connectivity index (χ4v) is 2.48. The molecule has 1 aliphatic rings. The van der Waals surface area contributed by atoms with Gasteiger partial charge in [-0.1, -0.05) is 13.3 Å². The number of benzene rings is 1. The lowest BCUT2D eigenvalue weighted by Gasteiger charge is -2.18. The van der Waals surface area contributed by atoms with E-state index in [4.69, 9.17) is 9.84 Å². The average Bonchev–Trinajstić information content (AvgIpc) is 2.43.